The number of halogens is 2. The quantitative estimate of drug-likeness (QED) is 0.385. The van der Waals surface area contributed by atoms with Crippen molar-refractivity contribution < 1.29 is 4.57 Å². The highest BCUT2D eigenvalue weighted by Gasteiger charge is 2.44. The Labute approximate surface area is 194 Å². The van der Waals surface area contributed by atoms with E-state index in [0.29, 0.717) is 10.3 Å². The van der Waals surface area contributed by atoms with Crippen LogP contribution in [0.5, 0.6) is 0 Å². The van der Waals surface area contributed by atoms with Gasteiger partial charge in [0.05, 0.1) is 0 Å². The Balaban J connectivity index is 1.62. The van der Waals surface area contributed by atoms with Gasteiger partial charge in [-0.25, -0.2) is 9.13 Å². The molecule has 2 unspecified atom stereocenters. The summed E-state index contributed by atoms with van der Waals surface area (Å²) in [6.45, 7) is 4.44. The topological polar surface area (TPSA) is 8.81 Å². The zero-order chi connectivity index (χ0) is 21.6. The molecule has 0 saturated heterocycles. The maximum Gasteiger partial charge on any atom is 0.255 e. The Morgan fingerprint density at radius 2 is 1.45 bits per heavy atom. The van der Waals surface area contributed by atoms with Gasteiger partial charge in [-0.3, -0.25) is 0 Å². The van der Waals surface area contributed by atoms with Gasteiger partial charge in [-0.1, -0.05) is 74.5 Å². The fourth-order valence-electron chi connectivity index (χ4n) is 5.18. The second-order valence-corrected chi connectivity index (χ2v) is 9.49. The predicted molar refractivity (Wildman–Crippen MR) is 130 cm³/mol. The first-order valence-corrected chi connectivity index (χ1v) is 11.8. The van der Waals surface area contributed by atoms with Gasteiger partial charge in [-0.05, 0) is 70.4 Å². The van der Waals surface area contributed by atoms with E-state index in [1.807, 2.05) is 0 Å². The first-order chi connectivity index (χ1) is 15.0. The summed E-state index contributed by atoms with van der Waals surface area (Å²) in [5.74, 6) is 0. The second-order valence-electron chi connectivity index (χ2n) is 8.77. The molecule has 0 radical (unpaired) electrons. The summed E-state index contributed by atoms with van der Waals surface area (Å²) in [6, 6.07) is 17.2. The minimum atomic E-state index is -0.231. The fraction of sp³-hybridized carbons (Fsp3) is 0.296. The van der Waals surface area contributed by atoms with Gasteiger partial charge in [0.1, 0.15) is 11.1 Å². The summed E-state index contributed by atoms with van der Waals surface area (Å²) < 4.78 is 4.38. The molecule has 0 spiro atoms. The smallest absolute Gasteiger partial charge is 0.210 e. The maximum absolute atomic E-state index is 6.93. The summed E-state index contributed by atoms with van der Waals surface area (Å²) in [7, 11) is 0. The van der Waals surface area contributed by atoms with Crippen LogP contribution in [-0.2, 0) is 23.9 Å². The minimum Gasteiger partial charge on any atom is -0.210 e. The molecule has 0 aliphatic heterocycles. The number of hydrogen-bond acceptors (Lipinski definition) is 0. The van der Waals surface area contributed by atoms with Gasteiger partial charge in [-0.2, -0.15) is 0 Å². The molecular formula is C27H27Cl2N2+. The zero-order valence-electron chi connectivity index (χ0n) is 18.0. The molecule has 158 valence electrons. The van der Waals surface area contributed by atoms with Crippen molar-refractivity contribution in [1.29, 1.82) is 0 Å². The summed E-state index contributed by atoms with van der Waals surface area (Å²) >= 11 is 13.9. The molecule has 1 heterocycles. The summed E-state index contributed by atoms with van der Waals surface area (Å²) in [6.07, 6.45) is 14.9. The van der Waals surface area contributed by atoms with Crippen molar-refractivity contribution in [2.75, 3.05) is 0 Å². The summed E-state index contributed by atoms with van der Waals surface area (Å²) in [4.78, 5) is 0. The number of fused-ring (bicyclic) bond motifs is 2. The predicted octanol–water partition coefficient (Wildman–Crippen LogP) is 6.83. The molecule has 5 rings (SSSR count). The molecule has 3 aromatic rings. The van der Waals surface area contributed by atoms with Crippen molar-refractivity contribution in [2.45, 2.75) is 50.6 Å². The van der Waals surface area contributed by atoms with Crippen LogP contribution in [0.15, 0.2) is 67.0 Å². The van der Waals surface area contributed by atoms with E-state index in [4.69, 9.17) is 23.2 Å². The first-order valence-electron chi connectivity index (χ1n) is 11.1. The Bertz CT molecular complexity index is 1110. The third kappa shape index (κ3) is 3.20. The second kappa shape index (κ2) is 7.69. The van der Waals surface area contributed by atoms with Gasteiger partial charge in [-0.15, -0.1) is 0 Å². The van der Waals surface area contributed by atoms with Crippen LogP contribution in [0, 0.1) is 0 Å². The van der Waals surface area contributed by atoms with E-state index in [1.165, 1.54) is 22.3 Å². The monoisotopic (exact) mass is 449 g/mol. The lowest BCUT2D eigenvalue weighted by Gasteiger charge is -2.32. The molecule has 0 fully saturated rings. The fourth-order valence-corrected chi connectivity index (χ4v) is 5.78. The van der Waals surface area contributed by atoms with Crippen LogP contribution < -0.4 is 4.57 Å². The molecule has 4 heteroatoms. The lowest BCUT2D eigenvalue weighted by Crippen LogP contribution is -2.57. The molecule has 1 aromatic heterocycles. The van der Waals surface area contributed by atoms with Crippen LogP contribution in [0.2, 0.25) is 10.3 Å². The molecule has 0 bridgehead atoms. The molecule has 0 saturated carbocycles. The highest BCUT2D eigenvalue weighted by atomic mass is 35.5. The molecular weight excluding hydrogens is 423 g/mol. The largest absolute Gasteiger partial charge is 0.255 e. The molecule has 0 N–H and O–H groups in total. The average Bonchev–Trinajstić information content (AvgIpc) is 3.13. The number of imidazole rings is 1. The van der Waals surface area contributed by atoms with Crippen molar-refractivity contribution in [3.8, 4) is 0 Å². The lowest BCUT2D eigenvalue weighted by molar-refractivity contribution is -0.751. The molecule has 0 amide bonds. The van der Waals surface area contributed by atoms with E-state index in [0.717, 1.165) is 25.7 Å². The number of nitrogens with zero attached hydrogens (tertiary/aromatic N) is 2. The number of rotatable bonds is 4. The summed E-state index contributed by atoms with van der Waals surface area (Å²) in [5.41, 5.74) is 4.79. The van der Waals surface area contributed by atoms with E-state index in [2.05, 4.69) is 102 Å². The standard InChI is InChI=1S/C27H27Cl2N2/c1-3-26(15-13-20-9-5-7-11-22(20)17-26)30-19-31(25(29)24(30)28)27(4-2)16-14-21-10-6-8-12-23(21)18-27/h5-16,19H,3-4,17-18H2,1-2H3/q+1. The normalized spacial score (nSPS) is 24.1. The molecule has 2 aliphatic rings. The Hall–Kier alpha value is -2.29. The van der Waals surface area contributed by atoms with Gasteiger partial charge in [0.25, 0.3) is 10.3 Å². The van der Waals surface area contributed by atoms with Crippen LogP contribution in [-0.4, -0.2) is 4.57 Å². The van der Waals surface area contributed by atoms with Crippen molar-refractivity contribution in [1.82, 2.24) is 4.57 Å². The molecule has 2 aromatic carbocycles. The average molecular weight is 450 g/mol. The number of hydrogen-bond donors (Lipinski definition) is 0. The van der Waals surface area contributed by atoms with Gasteiger partial charge in [0.2, 0.25) is 6.33 Å². The zero-order valence-corrected chi connectivity index (χ0v) is 19.5. The van der Waals surface area contributed by atoms with Crippen LogP contribution >= 0.6 is 23.2 Å². The van der Waals surface area contributed by atoms with Crippen molar-refractivity contribution in [2.24, 2.45) is 0 Å². The van der Waals surface area contributed by atoms with Crippen LogP contribution in [0.1, 0.15) is 48.9 Å². The molecule has 2 aliphatic carbocycles. The van der Waals surface area contributed by atoms with Crippen molar-refractivity contribution in [3.05, 3.63) is 99.6 Å². The van der Waals surface area contributed by atoms with E-state index in [-0.39, 0.29) is 11.1 Å². The first kappa shape index (κ1) is 20.6. The van der Waals surface area contributed by atoms with Gasteiger partial charge < -0.3 is 0 Å². The van der Waals surface area contributed by atoms with Gasteiger partial charge >= 0.3 is 0 Å². The number of aromatic nitrogens is 2. The van der Waals surface area contributed by atoms with Crippen molar-refractivity contribution in [3.63, 3.8) is 0 Å². The Morgan fingerprint density at radius 3 is 2.10 bits per heavy atom. The SMILES string of the molecule is CCC1(n2c[n+](C3(CC)C=Cc4ccccc4C3)c(Cl)c2Cl)C=Cc2ccccc2C1. The van der Waals surface area contributed by atoms with E-state index < -0.39 is 0 Å². The number of allylic oxidation sites excluding steroid dienone is 2. The van der Waals surface area contributed by atoms with E-state index >= 15 is 0 Å². The molecule has 2 nitrogen and oxygen atoms in total. The van der Waals surface area contributed by atoms with E-state index in [9.17, 15) is 0 Å². The molecule has 2 atom stereocenters. The molecule has 31 heavy (non-hydrogen) atoms. The van der Waals surface area contributed by atoms with Crippen LogP contribution in [0.3, 0.4) is 0 Å². The van der Waals surface area contributed by atoms with Crippen LogP contribution in [0.4, 0.5) is 0 Å². The van der Waals surface area contributed by atoms with Crippen molar-refractivity contribution >= 4 is 35.4 Å². The van der Waals surface area contributed by atoms with Crippen LogP contribution in [0.25, 0.3) is 12.2 Å². The third-order valence-corrected chi connectivity index (χ3v) is 8.08. The van der Waals surface area contributed by atoms with Gasteiger partial charge in [0.15, 0.2) is 0 Å². The highest BCUT2D eigenvalue weighted by Crippen LogP contribution is 2.39. The Morgan fingerprint density at radius 1 is 0.839 bits per heavy atom. The van der Waals surface area contributed by atoms with E-state index in [1.54, 1.807) is 0 Å². The third-order valence-electron chi connectivity index (χ3n) is 7.26. The maximum atomic E-state index is 6.93. The summed E-state index contributed by atoms with van der Waals surface area (Å²) in [5, 5.41) is 1.21. The Kier molecular flexibility index (Phi) is 5.11. The highest BCUT2D eigenvalue weighted by molar-refractivity contribution is 6.39. The van der Waals surface area contributed by atoms with Gasteiger partial charge in [0, 0.05) is 12.8 Å². The number of benzene rings is 2. The lowest BCUT2D eigenvalue weighted by atomic mass is 9.81. The minimum absolute atomic E-state index is 0.231.